The lowest BCUT2D eigenvalue weighted by Crippen LogP contribution is -2.20. The van der Waals surface area contributed by atoms with E-state index in [4.69, 9.17) is 0 Å². The Morgan fingerprint density at radius 2 is 1.71 bits per heavy atom. The van der Waals surface area contributed by atoms with E-state index >= 15 is 0 Å². The Hall–Kier alpha value is -4.37. The number of nitrogens with zero attached hydrogens (tertiary/aromatic N) is 2. The molecule has 0 aliphatic carbocycles. The van der Waals surface area contributed by atoms with Gasteiger partial charge in [-0.3, -0.25) is 19.7 Å². The molecule has 0 bridgehead atoms. The summed E-state index contributed by atoms with van der Waals surface area (Å²) in [4.78, 5) is 26.6. The van der Waals surface area contributed by atoms with Crippen molar-refractivity contribution in [2.75, 3.05) is 5.32 Å². The van der Waals surface area contributed by atoms with Crippen molar-refractivity contribution in [3.63, 3.8) is 0 Å². The van der Waals surface area contributed by atoms with Gasteiger partial charge < -0.3 is 5.32 Å². The van der Waals surface area contributed by atoms with E-state index < -0.39 is 5.91 Å². The minimum Gasteiger partial charge on any atom is -0.326 e. The Kier molecular flexibility index (Phi) is 12.9. The Bertz CT molecular complexity index is 1320. The normalized spacial score (nSPS) is 10.2. The molecule has 2 aromatic heterocycles. The van der Waals surface area contributed by atoms with Crippen LogP contribution in [0.2, 0.25) is 0 Å². The van der Waals surface area contributed by atoms with Crippen LogP contribution in [0.3, 0.4) is 0 Å². The van der Waals surface area contributed by atoms with E-state index in [1.807, 2.05) is 69.3 Å². The van der Waals surface area contributed by atoms with Gasteiger partial charge in [-0.2, -0.15) is 10.6 Å². The minimum absolute atomic E-state index is 0.0328. The molecule has 0 aliphatic rings. The van der Waals surface area contributed by atoms with E-state index in [0.29, 0.717) is 6.42 Å². The van der Waals surface area contributed by atoms with Gasteiger partial charge in [0.25, 0.3) is 0 Å². The number of pyridine rings is 1. The molecule has 0 saturated heterocycles. The summed E-state index contributed by atoms with van der Waals surface area (Å²) in [5.41, 5.74) is 7.42. The number of aromatic amines is 1. The Labute approximate surface area is 222 Å². The molecule has 0 atom stereocenters. The number of halogens is 1. The fourth-order valence-corrected chi connectivity index (χ4v) is 3.35. The number of carbonyl (C=O) groups excluding carboxylic acids is 2. The standard InChI is InChI=1S/C15H13N3.C12H15FN2O3.C2H6/c1-11-5-7-13-14(17-18-15(13)10-11)8-6-12-4-2-3-9-16-12;1-9-5-2-3-6-10(9)14-11(16)7-4-8-12(17)15-18-13;1-2/h2-10H,1H3,(H,17,18);2-3,5-6H,4,7-8H2,1H3,(H,14,16)(H,15,17);1-2H3/b8-6+;;. The number of hydroxylamine groups is 1. The van der Waals surface area contributed by atoms with Crippen LogP contribution in [-0.4, -0.2) is 27.0 Å². The molecule has 200 valence electrons. The van der Waals surface area contributed by atoms with E-state index in [1.165, 1.54) is 5.56 Å². The molecular weight excluding hydrogens is 485 g/mol. The van der Waals surface area contributed by atoms with Gasteiger partial charge in [0.2, 0.25) is 11.8 Å². The molecule has 4 rings (SSSR count). The van der Waals surface area contributed by atoms with Crippen LogP contribution in [0.15, 0.2) is 66.9 Å². The van der Waals surface area contributed by atoms with Gasteiger partial charge in [0.05, 0.1) is 16.9 Å². The van der Waals surface area contributed by atoms with Crippen LogP contribution >= 0.6 is 0 Å². The molecule has 3 N–H and O–H groups in total. The Morgan fingerprint density at radius 3 is 2.42 bits per heavy atom. The first-order chi connectivity index (χ1) is 18.5. The number of rotatable bonds is 8. The highest BCUT2D eigenvalue weighted by atomic mass is 19.3. The molecule has 0 unspecified atom stereocenters. The van der Waals surface area contributed by atoms with Crippen LogP contribution in [0, 0.1) is 13.8 Å². The van der Waals surface area contributed by atoms with Gasteiger partial charge in [-0.05, 0) is 72.3 Å². The first-order valence-corrected chi connectivity index (χ1v) is 12.4. The van der Waals surface area contributed by atoms with E-state index in [0.717, 1.165) is 33.5 Å². The van der Waals surface area contributed by atoms with E-state index in [9.17, 15) is 14.1 Å². The van der Waals surface area contributed by atoms with E-state index in [2.05, 4.69) is 50.7 Å². The second-order valence-electron chi connectivity index (χ2n) is 8.06. The van der Waals surface area contributed by atoms with Gasteiger partial charge in [-0.25, -0.2) is 0 Å². The van der Waals surface area contributed by atoms with E-state index in [-0.39, 0.29) is 18.7 Å². The highest BCUT2D eigenvalue weighted by Gasteiger charge is 2.07. The molecule has 0 aliphatic heterocycles. The molecule has 2 heterocycles. The predicted octanol–water partition coefficient (Wildman–Crippen LogP) is 6.50. The summed E-state index contributed by atoms with van der Waals surface area (Å²) < 4.78 is 11.3. The molecule has 4 aromatic rings. The van der Waals surface area contributed by atoms with Crippen LogP contribution in [0.1, 0.15) is 55.6 Å². The van der Waals surface area contributed by atoms with Crippen molar-refractivity contribution in [3.05, 3.63) is 89.4 Å². The summed E-state index contributed by atoms with van der Waals surface area (Å²) in [5.74, 6) is -0.778. The maximum atomic E-state index is 11.6. The molecule has 0 saturated carbocycles. The molecule has 0 fully saturated rings. The average molecular weight is 520 g/mol. The number of aryl methyl sites for hydroxylation is 2. The van der Waals surface area contributed by atoms with E-state index in [1.54, 1.807) is 17.7 Å². The van der Waals surface area contributed by atoms with Gasteiger partial charge in [-0.1, -0.05) is 55.3 Å². The number of hydrogen-bond acceptors (Lipinski definition) is 5. The number of nitrogens with one attached hydrogen (secondary N) is 3. The smallest absolute Gasteiger partial charge is 0.246 e. The number of amides is 2. The van der Waals surface area contributed by atoms with Gasteiger partial charge in [-0.15, -0.1) is 0 Å². The highest BCUT2D eigenvalue weighted by molar-refractivity contribution is 5.91. The average Bonchev–Trinajstić information content (AvgIpc) is 3.33. The zero-order chi connectivity index (χ0) is 27.8. The highest BCUT2D eigenvalue weighted by Crippen LogP contribution is 2.19. The summed E-state index contributed by atoms with van der Waals surface area (Å²) >= 11 is 0. The fourth-order valence-electron chi connectivity index (χ4n) is 3.35. The molecule has 38 heavy (non-hydrogen) atoms. The van der Waals surface area contributed by atoms with Crippen molar-refractivity contribution >= 4 is 40.6 Å². The summed E-state index contributed by atoms with van der Waals surface area (Å²) in [7, 11) is 0. The number of H-pyrrole nitrogens is 1. The number of carbonyl (C=O) groups is 2. The number of fused-ring (bicyclic) bond motifs is 1. The quantitative estimate of drug-likeness (QED) is 0.230. The Morgan fingerprint density at radius 1 is 0.974 bits per heavy atom. The van der Waals surface area contributed by atoms with Crippen molar-refractivity contribution in [1.29, 1.82) is 0 Å². The van der Waals surface area contributed by atoms with Gasteiger partial charge in [0, 0.05) is 30.1 Å². The lowest BCUT2D eigenvalue weighted by Gasteiger charge is -2.07. The summed E-state index contributed by atoms with van der Waals surface area (Å²) in [5, 5.41) is 14.2. The van der Waals surface area contributed by atoms with Crippen LogP contribution in [0.5, 0.6) is 0 Å². The Balaban J connectivity index is 0.000000251. The van der Waals surface area contributed by atoms with Gasteiger partial charge in [0.15, 0.2) is 0 Å². The number of hydrogen-bond donors (Lipinski definition) is 3. The molecule has 2 aromatic carbocycles. The van der Waals surface area contributed by atoms with Crippen LogP contribution in [-0.2, 0) is 14.6 Å². The number of aromatic nitrogens is 3. The summed E-state index contributed by atoms with van der Waals surface area (Å²) in [6.07, 6.45) is 6.28. The van der Waals surface area contributed by atoms with Crippen LogP contribution in [0.25, 0.3) is 23.1 Å². The van der Waals surface area contributed by atoms with Crippen molar-refractivity contribution in [3.8, 4) is 0 Å². The number of anilines is 1. The topological polar surface area (TPSA) is 109 Å². The summed E-state index contributed by atoms with van der Waals surface area (Å²) in [6.45, 7) is 7.96. The van der Waals surface area contributed by atoms with Gasteiger partial charge >= 0.3 is 0 Å². The maximum Gasteiger partial charge on any atom is 0.246 e. The second kappa shape index (κ2) is 16.4. The third-order valence-electron chi connectivity index (χ3n) is 5.23. The van der Waals surface area contributed by atoms with Crippen molar-refractivity contribution in [2.24, 2.45) is 0 Å². The fraction of sp³-hybridized carbons (Fsp3) is 0.241. The predicted molar refractivity (Wildman–Crippen MR) is 149 cm³/mol. The molecule has 0 radical (unpaired) electrons. The maximum absolute atomic E-state index is 11.6. The number of para-hydroxylation sites is 1. The molecule has 2 amide bonds. The first kappa shape index (κ1) is 29.9. The molecule has 8 nitrogen and oxygen atoms in total. The summed E-state index contributed by atoms with van der Waals surface area (Å²) in [6, 6.07) is 19.5. The lowest BCUT2D eigenvalue weighted by molar-refractivity contribution is -0.198. The SMILES string of the molecule is CC.Cc1ccc2c(/C=C/c3ccccn3)n[nH]c2c1.Cc1ccccc1NC(=O)CCCC(=O)NOF. The monoisotopic (exact) mass is 519 g/mol. The van der Waals surface area contributed by atoms with Crippen molar-refractivity contribution in [1.82, 2.24) is 20.7 Å². The third-order valence-corrected chi connectivity index (χ3v) is 5.23. The number of benzene rings is 2. The van der Waals surface area contributed by atoms with Crippen molar-refractivity contribution < 1.29 is 19.2 Å². The van der Waals surface area contributed by atoms with Crippen LogP contribution < -0.4 is 10.8 Å². The third kappa shape index (κ3) is 9.94. The lowest BCUT2D eigenvalue weighted by atomic mass is 10.1. The van der Waals surface area contributed by atoms with Gasteiger partial charge in [0.1, 0.15) is 0 Å². The largest absolute Gasteiger partial charge is 0.326 e. The zero-order valence-electron chi connectivity index (χ0n) is 22.1. The molecular formula is C29H34FN5O3. The minimum atomic E-state index is -0.596. The van der Waals surface area contributed by atoms with Crippen molar-refractivity contribution in [2.45, 2.75) is 47.0 Å². The zero-order valence-corrected chi connectivity index (χ0v) is 22.1. The molecule has 0 spiro atoms. The van der Waals surface area contributed by atoms with Crippen LogP contribution in [0.4, 0.5) is 10.2 Å². The molecule has 9 heteroatoms. The second-order valence-corrected chi connectivity index (χ2v) is 8.06. The first-order valence-electron chi connectivity index (χ1n) is 12.4.